The van der Waals surface area contributed by atoms with E-state index in [1.165, 1.54) is 23.4 Å². The van der Waals surface area contributed by atoms with Crippen LogP contribution in [-0.4, -0.2) is 24.2 Å². The van der Waals surface area contributed by atoms with Crippen molar-refractivity contribution in [2.24, 2.45) is 0 Å². The number of aryl methyl sites for hydroxylation is 2. The summed E-state index contributed by atoms with van der Waals surface area (Å²) >= 11 is 1.80. The minimum Gasteiger partial charge on any atom is -0.454 e. The molecule has 1 aliphatic carbocycles. The van der Waals surface area contributed by atoms with Gasteiger partial charge in [-0.1, -0.05) is 6.07 Å². The molecule has 1 amide bonds. The Kier molecular flexibility index (Phi) is 3.91. The molecule has 1 aromatic heterocycles. The quantitative estimate of drug-likeness (QED) is 0.913. The van der Waals surface area contributed by atoms with Gasteiger partial charge in [-0.3, -0.25) is 4.79 Å². The number of nitrogens with one attached hydrogen (secondary N) is 1. The highest BCUT2D eigenvalue weighted by Crippen LogP contribution is 2.32. The SMILES string of the molecule is O=C(Cc1ccc2c(c1)OCO2)NCCc1nc2c(s1)CCC2. The largest absolute Gasteiger partial charge is 0.454 e. The van der Waals surface area contributed by atoms with E-state index < -0.39 is 0 Å². The minimum atomic E-state index is 0.0213. The lowest BCUT2D eigenvalue weighted by atomic mass is 10.1. The van der Waals surface area contributed by atoms with E-state index in [0.29, 0.717) is 18.7 Å². The first-order valence-electron chi connectivity index (χ1n) is 7.90. The van der Waals surface area contributed by atoms with Crippen LogP contribution >= 0.6 is 11.3 Å². The first-order valence-corrected chi connectivity index (χ1v) is 8.72. The Hall–Kier alpha value is -2.08. The fourth-order valence-corrected chi connectivity index (χ4v) is 4.11. The van der Waals surface area contributed by atoms with Crippen LogP contribution in [0.3, 0.4) is 0 Å². The molecule has 23 heavy (non-hydrogen) atoms. The standard InChI is InChI=1S/C17H18N2O3S/c20-16(9-11-4-5-13-14(8-11)22-10-21-13)18-7-6-17-19-12-2-1-3-15(12)23-17/h4-5,8H,1-3,6-7,9-10H2,(H,18,20). The zero-order valence-electron chi connectivity index (χ0n) is 12.8. The lowest BCUT2D eigenvalue weighted by Gasteiger charge is -2.05. The maximum atomic E-state index is 12.0. The van der Waals surface area contributed by atoms with Gasteiger partial charge in [0.25, 0.3) is 0 Å². The van der Waals surface area contributed by atoms with E-state index in [1.54, 1.807) is 11.3 Å². The van der Waals surface area contributed by atoms with Crippen molar-refractivity contribution in [1.82, 2.24) is 10.3 Å². The zero-order chi connectivity index (χ0) is 15.6. The lowest BCUT2D eigenvalue weighted by molar-refractivity contribution is -0.120. The van der Waals surface area contributed by atoms with Gasteiger partial charge < -0.3 is 14.8 Å². The van der Waals surface area contributed by atoms with Gasteiger partial charge in [-0.05, 0) is 37.0 Å². The number of ether oxygens (including phenoxy) is 2. The van der Waals surface area contributed by atoms with Crippen LogP contribution in [-0.2, 0) is 30.5 Å². The summed E-state index contributed by atoms with van der Waals surface area (Å²) in [4.78, 5) is 18.1. The summed E-state index contributed by atoms with van der Waals surface area (Å²) in [5.41, 5.74) is 2.21. The number of hydrogen-bond acceptors (Lipinski definition) is 5. The molecular weight excluding hydrogens is 312 g/mol. The Balaban J connectivity index is 1.27. The molecule has 0 fully saturated rings. The van der Waals surface area contributed by atoms with E-state index >= 15 is 0 Å². The number of rotatable bonds is 5. The fourth-order valence-electron chi connectivity index (χ4n) is 2.96. The smallest absolute Gasteiger partial charge is 0.231 e. The summed E-state index contributed by atoms with van der Waals surface area (Å²) < 4.78 is 10.6. The van der Waals surface area contributed by atoms with E-state index in [1.807, 2.05) is 18.2 Å². The topological polar surface area (TPSA) is 60.5 Å². The first kappa shape index (κ1) is 14.5. The summed E-state index contributed by atoms with van der Waals surface area (Å²) in [7, 11) is 0. The van der Waals surface area contributed by atoms with E-state index in [0.717, 1.165) is 29.2 Å². The highest BCUT2D eigenvalue weighted by Gasteiger charge is 2.17. The van der Waals surface area contributed by atoms with Gasteiger partial charge >= 0.3 is 0 Å². The van der Waals surface area contributed by atoms with Crippen molar-refractivity contribution in [3.05, 3.63) is 39.3 Å². The van der Waals surface area contributed by atoms with Gasteiger partial charge in [0.05, 0.1) is 17.1 Å². The number of thiazole rings is 1. The number of nitrogens with zero attached hydrogens (tertiary/aromatic N) is 1. The van der Waals surface area contributed by atoms with Gasteiger partial charge in [0.1, 0.15) is 0 Å². The van der Waals surface area contributed by atoms with E-state index in [4.69, 9.17) is 9.47 Å². The second-order valence-electron chi connectivity index (χ2n) is 5.80. The fraction of sp³-hybridized carbons (Fsp3) is 0.412. The maximum absolute atomic E-state index is 12.0. The molecule has 0 radical (unpaired) electrons. The predicted octanol–water partition coefficient (Wildman–Crippen LogP) is 2.26. The van der Waals surface area contributed by atoms with Crippen molar-refractivity contribution in [2.45, 2.75) is 32.1 Å². The van der Waals surface area contributed by atoms with Gasteiger partial charge in [-0.2, -0.15) is 0 Å². The van der Waals surface area contributed by atoms with Gasteiger partial charge in [0.2, 0.25) is 12.7 Å². The number of carbonyl (C=O) groups excluding carboxylic acids is 1. The van der Waals surface area contributed by atoms with Crippen LogP contribution in [0.1, 0.15) is 27.6 Å². The van der Waals surface area contributed by atoms with Crippen LogP contribution in [0, 0.1) is 0 Å². The van der Waals surface area contributed by atoms with Crippen molar-refractivity contribution in [2.75, 3.05) is 13.3 Å². The Morgan fingerprint density at radius 1 is 1.26 bits per heavy atom. The zero-order valence-corrected chi connectivity index (χ0v) is 13.6. The average Bonchev–Trinajstić information content (AvgIpc) is 3.21. The van der Waals surface area contributed by atoms with Crippen LogP contribution in [0.5, 0.6) is 11.5 Å². The molecule has 0 saturated carbocycles. The Morgan fingerprint density at radius 2 is 2.17 bits per heavy atom. The summed E-state index contributed by atoms with van der Waals surface area (Å²) in [6.45, 7) is 0.887. The molecule has 1 aliphatic heterocycles. The van der Waals surface area contributed by atoms with E-state index in [-0.39, 0.29) is 12.7 Å². The normalized spacial score (nSPS) is 14.8. The molecule has 2 aromatic rings. The molecule has 120 valence electrons. The highest BCUT2D eigenvalue weighted by molar-refractivity contribution is 7.11. The van der Waals surface area contributed by atoms with Crippen LogP contribution in [0.25, 0.3) is 0 Å². The summed E-state index contributed by atoms with van der Waals surface area (Å²) in [5, 5.41) is 4.10. The number of benzene rings is 1. The average molecular weight is 330 g/mol. The van der Waals surface area contributed by atoms with Gasteiger partial charge in [0.15, 0.2) is 11.5 Å². The van der Waals surface area contributed by atoms with E-state index in [2.05, 4.69) is 10.3 Å². The summed E-state index contributed by atoms with van der Waals surface area (Å²) in [6, 6.07) is 5.62. The summed E-state index contributed by atoms with van der Waals surface area (Å²) in [6.07, 6.45) is 4.68. The summed E-state index contributed by atoms with van der Waals surface area (Å²) in [5.74, 6) is 1.48. The molecule has 1 aromatic carbocycles. The van der Waals surface area contributed by atoms with Crippen LogP contribution in [0.15, 0.2) is 18.2 Å². The molecule has 2 heterocycles. The van der Waals surface area contributed by atoms with Gasteiger partial charge in [-0.15, -0.1) is 11.3 Å². The van der Waals surface area contributed by atoms with Gasteiger partial charge in [-0.25, -0.2) is 4.98 Å². The molecule has 0 saturated heterocycles. The predicted molar refractivity (Wildman–Crippen MR) is 87.1 cm³/mol. The van der Waals surface area contributed by atoms with Crippen molar-refractivity contribution >= 4 is 17.2 Å². The van der Waals surface area contributed by atoms with Crippen LogP contribution in [0.4, 0.5) is 0 Å². The third-order valence-electron chi connectivity index (χ3n) is 4.10. The number of aromatic nitrogens is 1. The Bertz CT molecular complexity index is 720. The van der Waals surface area contributed by atoms with Crippen molar-refractivity contribution in [3.8, 4) is 11.5 Å². The first-order chi connectivity index (χ1) is 11.3. The molecule has 1 N–H and O–H groups in total. The monoisotopic (exact) mass is 330 g/mol. The molecule has 4 rings (SSSR count). The second kappa shape index (κ2) is 6.20. The maximum Gasteiger partial charge on any atom is 0.231 e. The van der Waals surface area contributed by atoms with Crippen LogP contribution in [0.2, 0.25) is 0 Å². The van der Waals surface area contributed by atoms with Gasteiger partial charge in [0, 0.05) is 17.8 Å². The lowest BCUT2D eigenvalue weighted by Crippen LogP contribution is -2.27. The molecule has 0 spiro atoms. The Morgan fingerprint density at radius 3 is 3.09 bits per heavy atom. The molecule has 2 aliphatic rings. The minimum absolute atomic E-state index is 0.0213. The molecule has 5 nitrogen and oxygen atoms in total. The van der Waals surface area contributed by atoms with Crippen molar-refractivity contribution in [1.29, 1.82) is 0 Å². The highest BCUT2D eigenvalue weighted by atomic mass is 32.1. The molecule has 6 heteroatoms. The third kappa shape index (κ3) is 3.17. The number of fused-ring (bicyclic) bond motifs is 2. The number of hydrogen-bond donors (Lipinski definition) is 1. The van der Waals surface area contributed by atoms with Crippen molar-refractivity contribution in [3.63, 3.8) is 0 Å². The second-order valence-corrected chi connectivity index (χ2v) is 6.96. The molecule has 0 bridgehead atoms. The number of amides is 1. The molecule has 0 unspecified atom stereocenters. The number of carbonyl (C=O) groups is 1. The van der Waals surface area contributed by atoms with E-state index in [9.17, 15) is 4.79 Å². The molecular formula is C17H18N2O3S. The van der Waals surface area contributed by atoms with Crippen molar-refractivity contribution < 1.29 is 14.3 Å². The van der Waals surface area contributed by atoms with Crippen LogP contribution < -0.4 is 14.8 Å². The third-order valence-corrected chi connectivity index (χ3v) is 5.32. The molecule has 0 atom stereocenters. The Labute approximate surface area is 138 Å².